The Labute approximate surface area is 48.5 Å². The quantitative estimate of drug-likeness (QED) is 0.546. The number of hydrogen-bond donors (Lipinski definition) is 2. The highest BCUT2D eigenvalue weighted by molar-refractivity contribution is 4.55. The normalized spacial score (nSPS) is 13.9. The first-order valence-electron chi connectivity index (χ1n) is 2.72. The lowest BCUT2D eigenvalue weighted by Gasteiger charge is -2.06. The highest BCUT2D eigenvalue weighted by Crippen LogP contribution is 1.98. The summed E-state index contributed by atoms with van der Waals surface area (Å²) in [5.74, 6) is -0.0417. The fourth-order valence-corrected chi connectivity index (χ4v) is 0.438. The largest absolute Gasteiger partial charge is 0.396 e. The summed E-state index contributed by atoms with van der Waals surface area (Å²) in [5, 5.41) is 8.41. The van der Waals surface area contributed by atoms with Crippen molar-refractivity contribution in [3.8, 4) is 0 Å². The van der Waals surface area contributed by atoms with E-state index in [1.54, 1.807) is 0 Å². The minimum atomic E-state index is -0.386. The van der Waals surface area contributed by atoms with E-state index in [0.29, 0.717) is 13.0 Å². The van der Waals surface area contributed by atoms with Crippen LogP contribution in [0.2, 0.25) is 0 Å². The molecule has 0 spiro atoms. The van der Waals surface area contributed by atoms with Gasteiger partial charge < -0.3 is 10.8 Å². The van der Waals surface area contributed by atoms with Crippen LogP contribution < -0.4 is 5.73 Å². The molecule has 0 aromatic heterocycles. The highest BCUT2D eigenvalue weighted by Gasteiger charge is 2.01. The summed E-state index contributed by atoms with van der Waals surface area (Å²) in [7, 11) is 0. The van der Waals surface area contributed by atoms with Crippen LogP contribution in [-0.4, -0.2) is 24.9 Å². The van der Waals surface area contributed by atoms with Gasteiger partial charge in [-0.05, 0) is 18.9 Å². The topological polar surface area (TPSA) is 46.2 Å². The molecule has 0 aliphatic carbocycles. The maximum Gasteiger partial charge on any atom is 0.0898 e. The van der Waals surface area contributed by atoms with Gasteiger partial charge in [0, 0.05) is 6.61 Å². The van der Waals surface area contributed by atoms with E-state index in [-0.39, 0.29) is 19.2 Å². The predicted octanol–water partition coefficient (Wildman–Crippen LogP) is -0.0868. The van der Waals surface area contributed by atoms with Crippen LogP contribution >= 0.6 is 0 Å². The smallest absolute Gasteiger partial charge is 0.0898 e. The van der Waals surface area contributed by atoms with Gasteiger partial charge in [0.25, 0.3) is 0 Å². The van der Waals surface area contributed by atoms with Crippen LogP contribution in [0, 0.1) is 5.92 Å². The minimum Gasteiger partial charge on any atom is -0.396 e. The fraction of sp³-hybridized carbons (Fsp3) is 1.00. The molecule has 0 saturated heterocycles. The van der Waals surface area contributed by atoms with Crippen molar-refractivity contribution in [1.29, 1.82) is 0 Å². The number of hydrogen-bond acceptors (Lipinski definition) is 2. The van der Waals surface area contributed by atoms with Gasteiger partial charge in [-0.1, -0.05) is 0 Å². The molecule has 0 heterocycles. The molecular weight excluding hydrogens is 109 g/mol. The number of rotatable bonds is 4. The molecule has 0 rings (SSSR count). The average molecular weight is 121 g/mol. The zero-order chi connectivity index (χ0) is 6.41. The van der Waals surface area contributed by atoms with Crippen molar-refractivity contribution in [3.05, 3.63) is 0 Å². The van der Waals surface area contributed by atoms with Crippen molar-refractivity contribution < 1.29 is 9.50 Å². The summed E-state index contributed by atoms with van der Waals surface area (Å²) in [6.45, 7) is -0.0106. The van der Waals surface area contributed by atoms with Crippen LogP contribution in [0.15, 0.2) is 0 Å². The third-order valence-electron chi connectivity index (χ3n) is 1.11. The lowest BCUT2D eigenvalue weighted by Crippen LogP contribution is -2.18. The van der Waals surface area contributed by atoms with Crippen molar-refractivity contribution in [2.75, 3.05) is 19.8 Å². The highest BCUT2D eigenvalue weighted by atomic mass is 19.1. The molecule has 0 bridgehead atoms. The average Bonchev–Trinajstić information content (AvgIpc) is 1.83. The molecule has 1 atom stereocenters. The molecule has 0 fully saturated rings. The van der Waals surface area contributed by atoms with E-state index < -0.39 is 0 Å². The summed E-state index contributed by atoms with van der Waals surface area (Å²) in [5.41, 5.74) is 5.14. The Hall–Kier alpha value is -0.150. The van der Waals surface area contributed by atoms with Crippen molar-refractivity contribution in [2.45, 2.75) is 6.42 Å². The summed E-state index contributed by atoms with van der Waals surface area (Å²) in [4.78, 5) is 0. The molecule has 0 saturated carbocycles. The summed E-state index contributed by atoms with van der Waals surface area (Å²) in [6, 6.07) is 0. The lowest BCUT2D eigenvalue weighted by atomic mass is 10.1. The first kappa shape index (κ1) is 7.85. The van der Waals surface area contributed by atoms with E-state index in [1.165, 1.54) is 0 Å². The van der Waals surface area contributed by atoms with E-state index in [1.807, 2.05) is 0 Å². The van der Waals surface area contributed by atoms with Gasteiger partial charge in [0.05, 0.1) is 6.67 Å². The molecule has 50 valence electrons. The molecule has 0 aliphatic heterocycles. The first-order chi connectivity index (χ1) is 3.85. The molecular formula is C5H12FNO. The second-order valence-corrected chi connectivity index (χ2v) is 1.76. The van der Waals surface area contributed by atoms with E-state index in [2.05, 4.69) is 0 Å². The maximum absolute atomic E-state index is 11.5. The Morgan fingerprint density at radius 2 is 2.25 bits per heavy atom. The van der Waals surface area contributed by atoms with Crippen LogP contribution in [-0.2, 0) is 0 Å². The third-order valence-corrected chi connectivity index (χ3v) is 1.11. The van der Waals surface area contributed by atoms with Gasteiger partial charge in [-0.3, -0.25) is 4.39 Å². The number of alkyl halides is 1. The van der Waals surface area contributed by atoms with Crippen LogP contribution in [0.4, 0.5) is 4.39 Å². The number of halogens is 1. The van der Waals surface area contributed by atoms with Gasteiger partial charge >= 0.3 is 0 Å². The minimum absolute atomic E-state index is 0.000417. The third kappa shape index (κ3) is 2.93. The Kier molecular flexibility index (Phi) is 4.90. The predicted molar refractivity (Wildman–Crippen MR) is 30.2 cm³/mol. The number of aliphatic hydroxyl groups is 1. The van der Waals surface area contributed by atoms with Crippen molar-refractivity contribution in [1.82, 2.24) is 0 Å². The Bertz CT molecular complexity index is 47.7. The van der Waals surface area contributed by atoms with Crippen molar-refractivity contribution >= 4 is 0 Å². The lowest BCUT2D eigenvalue weighted by molar-refractivity contribution is 0.213. The van der Waals surface area contributed by atoms with Crippen LogP contribution in [0.1, 0.15) is 6.42 Å². The Balaban J connectivity index is 3.07. The first-order valence-corrected chi connectivity index (χ1v) is 2.72. The standard InChI is InChI=1S/C5H12FNO/c6-2-1-5(3-7)4-8/h5,8H,1-4,7H2. The van der Waals surface area contributed by atoms with E-state index >= 15 is 0 Å². The molecule has 1 unspecified atom stereocenters. The monoisotopic (exact) mass is 121 g/mol. The summed E-state index contributed by atoms with van der Waals surface area (Å²) in [6.07, 6.45) is 0.382. The zero-order valence-electron chi connectivity index (χ0n) is 4.81. The summed E-state index contributed by atoms with van der Waals surface area (Å²) >= 11 is 0. The zero-order valence-corrected chi connectivity index (χ0v) is 4.81. The Morgan fingerprint density at radius 3 is 2.38 bits per heavy atom. The fourth-order valence-electron chi connectivity index (χ4n) is 0.438. The Morgan fingerprint density at radius 1 is 1.62 bits per heavy atom. The molecule has 8 heavy (non-hydrogen) atoms. The molecule has 2 nitrogen and oxygen atoms in total. The van der Waals surface area contributed by atoms with Crippen LogP contribution in [0.25, 0.3) is 0 Å². The SMILES string of the molecule is NCC(CO)CCF. The second-order valence-electron chi connectivity index (χ2n) is 1.76. The molecule has 0 aliphatic rings. The molecule has 3 N–H and O–H groups in total. The molecule has 0 amide bonds. The summed E-state index contributed by atoms with van der Waals surface area (Å²) < 4.78 is 11.5. The molecule has 0 radical (unpaired) electrons. The van der Waals surface area contributed by atoms with Crippen LogP contribution in [0.5, 0.6) is 0 Å². The molecule has 0 aromatic rings. The van der Waals surface area contributed by atoms with E-state index in [9.17, 15) is 4.39 Å². The van der Waals surface area contributed by atoms with Gasteiger partial charge in [0.2, 0.25) is 0 Å². The van der Waals surface area contributed by atoms with Gasteiger partial charge in [-0.2, -0.15) is 0 Å². The van der Waals surface area contributed by atoms with E-state index in [0.717, 1.165) is 0 Å². The van der Waals surface area contributed by atoms with Crippen molar-refractivity contribution in [3.63, 3.8) is 0 Å². The molecule has 0 aromatic carbocycles. The van der Waals surface area contributed by atoms with Crippen LogP contribution in [0.3, 0.4) is 0 Å². The van der Waals surface area contributed by atoms with Gasteiger partial charge in [0.15, 0.2) is 0 Å². The molecule has 3 heteroatoms. The number of nitrogens with two attached hydrogens (primary N) is 1. The van der Waals surface area contributed by atoms with Gasteiger partial charge in [-0.15, -0.1) is 0 Å². The van der Waals surface area contributed by atoms with E-state index in [4.69, 9.17) is 10.8 Å². The second kappa shape index (κ2) is 5.00. The van der Waals surface area contributed by atoms with Gasteiger partial charge in [0.1, 0.15) is 0 Å². The number of aliphatic hydroxyl groups excluding tert-OH is 1. The van der Waals surface area contributed by atoms with Gasteiger partial charge in [-0.25, -0.2) is 0 Å². The van der Waals surface area contributed by atoms with Crippen molar-refractivity contribution in [2.24, 2.45) is 11.7 Å². The maximum atomic E-state index is 11.5.